The van der Waals surface area contributed by atoms with Crippen LogP contribution in [0.4, 0.5) is 0 Å². The van der Waals surface area contributed by atoms with Gasteiger partial charge in [-0.3, -0.25) is 0 Å². The molecule has 1 aliphatic heterocycles. The molecule has 2 atom stereocenters. The molecule has 1 aliphatic carbocycles. The fraction of sp³-hybridized carbons (Fsp3) is 1.00. The zero-order valence-corrected chi connectivity index (χ0v) is 12.9. The van der Waals surface area contributed by atoms with E-state index >= 15 is 0 Å². The van der Waals surface area contributed by atoms with E-state index in [-0.39, 0.29) is 5.25 Å². The summed E-state index contributed by atoms with van der Waals surface area (Å²) in [5.74, 6) is 0.312. The lowest BCUT2D eigenvalue weighted by atomic mass is 9.98. The van der Waals surface area contributed by atoms with Crippen LogP contribution in [0, 0.1) is 0 Å². The smallest absolute Gasteiger partial charge is 0.154 e. The summed E-state index contributed by atoms with van der Waals surface area (Å²) in [7, 11) is -2.89. The molecule has 0 aromatic heterocycles. The summed E-state index contributed by atoms with van der Waals surface area (Å²) < 4.78 is 29.0. The Balaban J connectivity index is 1.57. The fourth-order valence-corrected chi connectivity index (χ4v) is 4.84. The van der Waals surface area contributed by atoms with Crippen molar-refractivity contribution in [2.24, 2.45) is 0 Å². The lowest BCUT2D eigenvalue weighted by molar-refractivity contribution is -0.0228. The van der Waals surface area contributed by atoms with Crippen LogP contribution in [0.1, 0.15) is 44.9 Å². The van der Waals surface area contributed by atoms with E-state index < -0.39 is 15.9 Å². The minimum Gasteiger partial charge on any atom is -0.389 e. The Morgan fingerprint density at radius 3 is 2.55 bits per heavy atom. The highest BCUT2D eigenvalue weighted by molar-refractivity contribution is 7.92. The number of aliphatic hydroxyl groups excluding tert-OH is 1. The van der Waals surface area contributed by atoms with Gasteiger partial charge in [0, 0.05) is 13.1 Å². The number of ether oxygens (including phenoxy) is 1. The number of nitrogens with one attached hydrogen (secondary N) is 1. The standard InChI is InChI=1S/C14H27NO4S/c16-12(11-19-13-5-2-1-3-6-13)9-15-10-14-7-4-8-20(14,17)18/h12-16H,1-11H2. The average Bonchev–Trinajstić information content (AvgIpc) is 2.77. The molecule has 118 valence electrons. The predicted octanol–water partition coefficient (Wildman–Crippen LogP) is 0.863. The van der Waals surface area contributed by atoms with Gasteiger partial charge in [-0.1, -0.05) is 19.3 Å². The van der Waals surface area contributed by atoms with E-state index in [0.717, 1.165) is 25.7 Å². The number of hydrogen-bond acceptors (Lipinski definition) is 5. The van der Waals surface area contributed by atoms with Crippen molar-refractivity contribution in [1.82, 2.24) is 5.32 Å². The van der Waals surface area contributed by atoms with Crippen LogP contribution in [0.5, 0.6) is 0 Å². The molecular formula is C14H27NO4S. The van der Waals surface area contributed by atoms with Gasteiger partial charge in [-0.25, -0.2) is 8.42 Å². The summed E-state index contributed by atoms with van der Waals surface area (Å²) in [5.41, 5.74) is 0. The fourth-order valence-electron chi connectivity index (χ4n) is 3.04. The molecule has 2 aliphatic rings. The Morgan fingerprint density at radius 2 is 1.90 bits per heavy atom. The minimum atomic E-state index is -2.89. The van der Waals surface area contributed by atoms with Gasteiger partial charge in [0.2, 0.25) is 0 Å². The van der Waals surface area contributed by atoms with Gasteiger partial charge < -0.3 is 15.2 Å². The van der Waals surface area contributed by atoms with Crippen molar-refractivity contribution >= 4 is 9.84 Å². The van der Waals surface area contributed by atoms with E-state index in [1.807, 2.05) is 0 Å². The second-order valence-corrected chi connectivity index (χ2v) is 8.44. The largest absolute Gasteiger partial charge is 0.389 e. The molecule has 1 saturated heterocycles. The topological polar surface area (TPSA) is 75.6 Å². The lowest BCUT2D eigenvalue weighted by Gasteiger charge is -2.23. The molecule has 2 N–H and O–H groups in total. The Hall–Kier alpha value is -0.170. The lowest BCUT2D eigenvalue weighted by Crippen LogP contribution is -2.37. The van der Waals surface area contributed by atoms with Crippen molar-refractivity contribution < 1.29 is 18.3 Å². The molecule has 2 fully saturated rings. The van der Waals surface area contributed by atoms with Gasteiger partial charge in [0.1, 0.15) is 0 Å². The maximum atomic E-state index is 11.6. The third kappa shape index (κ3) is 4.98. The molecule has 5 nitrogen and oxygen atoms in total. The highest BCUT2D eigenvalue weighted by Gasteiger charge is 2.30. The molecule has 1 saturated carbocycles. The number of rotatable bonds is 7. The first kappa shape index (κ1) is 16.2. The van der Waals surface area contributed by atoms with E-state index in [2.05, 4.69) is 5.32 Å². The summed E-state index contributed by atoms with van der Waals surface area (Å²) in [4.78, 5) is 0. The highest BCUT2D eigenvalue weighted by Crippen LogP contribution is 2.20. The number of hydrogen-bond donors (Lipinski definition) is 2. The van der Waals surface area contributed by atoms with Crippen molar-refractivity contribution in [2.45, 2.75) is 62.4 Å². The van der Waals surface area contributed by atoms with Crippen molar-refractivity contribution in [1.29, 1.82) is 0 Å². The second kappa shape index (κ2) is 7.73. The van der Waals surface area contributed by atoms with Crippen LogP contribution in [-0.2, 0) is 14.6 Å². The first-order valence-electron chi connectivity index (χ1n) is 7.80. The maximum Gasteiger partial charge on any atom is 0.154 e. The molecule has 20 heavy (non-hydrogen) atoms. The van der Waals surface area contributed by atoms with E-state index in [4.69, 9.17) is 4.74 Å². The molecule has 2 unspecified atom stereocenters. The summed E-state index contributed by atoms with van der Waals surface area (Å²) in [6.07, 6.45) is 7.18. The van der Waals surface area contributed by atoms with Crippen LogP contribution in [0.25, 0.3) is 0 Å². The van der Waals surface area contributed by atoms with Crippen LogP contribution in [0.2, 0.25) is 0 Å². The van der Waals surface area contributed by atoms with Crippen LogP contribution >= 0.6 is 0 Å². The molecule has 6 heteroatoms. The highest BCUT2D eigenvalue weighted by atomic mass is 32.2. The second-order valence-electron chi connectivity index (χ2n) is 6.04. The van der Waals surface area contributed by atoms with E-state index in [1.165, 1.54) is 19.3 Å². The summed E-state index contributed by atoms with van der Waals surface area (Å²) in [6, 6.07) is 0. The quantitative estimate of drug-likeness (QED) is 0.730. The molecule has 0 spiro atoms. The molecule has 0 aromatic carbocycles. The summed E-state index contributed by atoms with van der Waals surface area (Å²) >= 11 is 0. The van der Waals surface area contributed by atoms with Gasteiger partial charge in [-0.2, -0.15) is 0 Å². The van der Waals surface area contributed by atoms with Gasteiger partial charge in [-0.05, 0) is 25.7 Å². The minimum absolute atomic E-state index is 0.269. The van der Waals surface area contributed by atoms with Gasteiger partial charge in [0.05, 0.1) is 29.8 Å². The van der Waals surface area contributed by atoms with Crippen molar-refractivity contribution in [3.8, 4) is 0 Å². The zero-order chi connectivity index (χ0) is 14.4. The van der Waals surface area contributed by atoms with Gasteiger partial charge in [0.15, 0.2) is 9.84 Å². The van der Waals surface area contributed by atoms with Crippen LogP contribution in [0.15, 0.2) is 0 Å². The average molecular weight is 305 g/mol. The van der Waals surface area contributed by atoms with Crippen molar-refractivity contribution in [3.63, 3.8) is 0 Å². The Labute approximate surface area is 122 Å². The Morgan fingerprint density at radius 1 is 1.15 bits per heavy atom. The normalized spacial score (nSPS) is 28.6. The van der Waals surface area contributed by atoms with Gasteiger partial charge >= 0.3 is 0 Å². The first-order valence-corrected chi connectivity index (χ1v) is 9.51. The molecular weight excluding hydrogens is 278 g/mol. The van der Waals surface area contributed by atoms with Crippen LogP contribution in [0.3, 0.4) is 0 Å². The number of aliphatic hydroxyl groups is 1. The number of sulfone groups is 1. The predicted molar refractivity (Wildman–Crippen MR) is 78.5 cm³/mol. The van der Waals surface area contributed by atoms with Crippen molar-refractivity contribution in [2.75, 3.05) is 25.4 Å². The summed E-state index contributed by atoms with van der Waals surface area (Å²) in [6.45, 7) is 1.19. The van der Waals surface area contributed by atoms with Crippen molar-refractivity contribution in [3.05, 3.63) is 0 Å². The third-order valence-electron chi connectivity index (χ3n) is 4.29. The third-order valence-corrected chi connectivity index (χ3v) is 6.57. The van der Waals surface area contributed by atoms with E-state index in [0.29, 0.717) is 31.6 Å². The molecule has 0 bridgehead atoms. The van der Waals surface area contributed by atoms with E-state index in [1.54, 1.807) is 0 Å². The molecule has 1 heterocycles. The molecule has 0 aromatic rings. The summed E-state index contributed by atoms with van der Waals surface area (Å²) in [5, 5.41) is 12.6. The molecule has 0 amide bonds. The SMILES string of the molecule is O=S1(=O)CCCC1CNCC(O)COC1CCCCC1. The van der Waals surface area contributed by atoms with E-state index in [9.17, 15) is 13.5 Å². The van der Waals surface area contributed by atoms with Crippen LogP contribution < -0.4 is 5.32 Å². The van der Waals surface area contributed by atoms with Gasteiger partial charge in [0.25, 0.3) is 0 Å². The Bertz CT molecular complexity index is 379. The Kier molecular flexibility index (Phi) is 6.26. The zero-order valence-electron chi connectivity index (χ0n) is 12.1. The molecule has 0 radical (unpaired) electrons. The maximum absolute atomic E-state index is 11.6. The van der Waals surface area contributed by atoms with Gasteiger partial charge in [-0.15, -0.1) is 0 Å². The first-order chi connectivity index (χ1) is 9.58. The molecule has 2 rings (SSSR count). The van der Waals surface area contributed by atoms with Crippen LogP contribution in [-0.4, -0.2) is 56.4 Å². The monoisotopic (exact) mass is 305 g/mol.